The van der Waals surface area contributed by atoms with Crippen LogP contribution in [0, 0.1) is 0 Å². The maximum Gasteiger partial charge on any atom is 0.167 e. The highest BCUT2D eigenvalue weighted by atomic mass is 16.1. The van der Waals surface area contributed by atoms with E-state index < -0.39 is 0 Å². The number of Topliss-reactive ketones (excluding diaryl/α,β-unsaturated/α-hetero) is 1. The van der Waals surface area contributed by atoms with Crippen molar-refractivity contribution in [3.05, 3.63) is 30.2 Å². The van der Waals surface area contributed by atoms with Gasteiger partial charge in [-0.05, 0) is 29.5 Å². The fourth-order valence-electron chi connectivity index (χ4n) is 1.11. The molecule has 6 nitrogen and oxygen atoms in total. The fourth-order valence-corrected chi connectivity index (χ4v) is 1.11. The number of carbonyl (C=O) groups excluding carboxylic acids is 1. The maximum absolute atomic E-state index is 11.2. The molecule has 0 aliphatic rings. The van der Waals surface area contributed by atoms with Crippen LogP contribution in [-0.4, -0.2) is 31.0 Å². The number of nitrogens with zero attached hydrogens (tertiary/aromatic N) is 5. The Morgan fingerprint density at radius 2 is 2.36 bits per heavy atom. The molecule has 70 valence electrons. The Bertz CT molecular complexity index is 451. The number of ketones is 1. The van der Waals surface area contributed by atoms with Gasteiger partial charge in [-0.25, -0.2) is 4.98 Å². The van der Waals surface area contributed by atoms with E-state index in [0.29, 0.717) is 11.4 Å². The summed E-state index contributed by atoms with van der Waals surface area (Å²) in [6.45, 7) is 1.48. The number of carbonyl (C=O) groups is 1. The van der Waals surface area contributed by atoms with E-state index in [1.54, 1.807) is 18.3 Å². The first-order chi connectivity index (χ1) is 6.79. The Morgan fingerprint density at radius 3 is 3.00 bits per heavy atom. The predicted molar refractivity (Wildman–Crippen MR) is 47.0 cm³/mol. The van der Waals surface area contributed by atoms with Crippen molar-refractivity contribution in [3.63, 3.8) is 0 Å². The molecule has 0 amide bonds. The van der Waals surface area contributed by atoms with Crippen LogP contribution < -0.4 is 0 Å². The minimum Gasteiger partial charge on any atom is -0.294 e. The molecule has 2 aromatic rings. The van der Waals surface area contributed by atoms with Crippen molar-refractivity contribution in [2.45, 2.75) is 6.92 Å². The summed E-state index contributed by atoms with van der Waals surface area (Å²) in [7, 11) is 0. The highest BCUT2D eigenvalue weighted by Gasteiger charge is 2.09. The molecule has 0 radical (unpaired) electrons. The van der Waals surface area contributed by atoms with Gasteiger partial charge in [0.05, 0.1) is 5.56 Å². The van der Waals surface area contributed by atoms with Gasteiger partial charge in [0.25, 0.3) is 0 Å². The monoisotopic (exact) mass is 189 g/mol. The predicted octanol–water partition coefficient (Wildman–Crippen LogP) is 0.260. The highest BCUT2D eigenvalue weighted by Crippen LogP contribution is 2.09. The average Bonchev–Trinajstić information content (AvgIpc) is 2.70. The minimum absolute atomic E-state index is 0.0661. The molecule has 2 heterocycles. The number of rotatable bonds is 2. The molecule has 14 heavy (non-hydrogen) atoms. The van der Waals surface area contributed by atoms with E-state index in [9.17, 15) is 4.79 Å². The Hall–Kier alpha value is -2.11. The molecule has 0 fully saturated rings. The lowest BCUT2D eigenvalue weighted by atomic mass is 10.2. The molecule has 0 bridgehead atoms. The molecule has 0 saturated heterocycles. The minimum atomic E-state index is -0.0661. The molecule has 0 atom stereocenters. The van der Waals surface area contributed by atoms with Gasteiger partial charge >= 0.3 is 0 Å². The molecular formula is C8H7N5O. The third-order valence-electron chi connectivity index (χ3n) is 1.73. The molecular weight excluding hydrogens is 182 g/mol. The van der Waals surface area contributed by atoms with Gasteiger partial charge in [-0.15, -0.1) is 5.10 Å². The van der Waals surface area contributed by atoms with E-state index in [1.807, 2.05) is 0 Å². The van der Waals surface area contributed by atoms with E-state index >= 15 is 0 Å². The highest BCUT2D eigenvalue weighted by molar-refractivity contribution is 5.96. The second-order valence-electron chi connectivity index (χ2n) is 2.69. The van der Waals surface area contributed by atoms with Gasteiger partial charge in [0.1, 0.15) is 6.33 Å². The third-order valence-corrected chi connectivity index (χ3v) is 1.73. The number of hydrogen-bond donors (Lipinski definition) is 0. The Morgan fingerprint density at radius 1 is 1.50 bits per heavy atom. The molecule has 0 aliphatic carbocycles. The van der Waals surface area contributed by atoms with E-state index in [4.69, 9.17) is 0 Å². The van der Waals surface area contributed by atoms with Crippen LogP contribution in [0.25, 0.3) is 5.82 Å². The molecule has 0 aliphatic heterocycles. The van der Waals surface area contributed by atoms with Crippen molar-refractivity contribution in [3.8, 4) is 5.82 Å². The van der Waals surface area contributed by atoms with Gasteiger partial charge < -0.3 is 0 Å². The van der Waals surface area contributed by atoms with Crippen molar-refractivity contribution in [2.24, 2.45) is 0 Å². The van der Waals surface area contributed by atoms with E-state index in [-0.39, 0.29) is 5.78 Å². The van der Waals surface area contributed by atoms with Crippen LogP contribution in [-0.2, 0) is 0 Å². The second kappa shape index (κ2) is 3.33. The summed E-state index contributed by atoms with van der Waals surface area (Å²) in [6.07, 6.45) is 2.98. The van der Waals surface area contributed by atoms with Gasteiger partial charge in [-0.3, -0.25) is 4.79 Å². The summed E-state index contributed by atoms with van der Waals surface area (Å²) in [5, 5.41) is 10.6. The first-order valence-corrected chi connectivity index (χ1v) is 3.98. The molecule has 0 aromatic carbocycles. The van der Waals surface area contributed by atoms with Crippen LogP contribution in [0.4, 0.5) is 0 Å². The number of pyridine rings is 1. The fraction of sp³-hybridized carbons (Fsp3) is 0.125. The van der Waals surface area contributed by atoms with E-state index in [1.165, 1.54) is 17.9 Å². The first kappa shape index (κ1) is 8.49. The summed E-state index contributed by atoms with van der Waals surface area (Å²) < 4.78 is 1.36. The van der Waals surface area contributed by atoms with Crippen molar-refractivity contribution in [1.29, 1.82) is 0 Å². The van der Waals surface area contributed by atoms with Crippen LogP contribution in [0.15, 0.2) is 24.7 Å². The normalized spacial score (nSPS) is 10.1. The molecule has 0 saturated carbocycles. The molecule has 2 aromatic heterocycles. The number of hydrogen-bond acceptors (Lipinski definition) is 5. The zero-order valence-corrected chi connectivity index (χ0v) is 7.45. The second-order valence-corrected chi connectivity index (χ2v) is 2.69. The van der Waals surface area contributed by atoms with Crippen molar-refractivity contribution in [2.75, 3.05) is 0 Å². The van der Waals surface area contributed by atoms with Gasteiger partial charge in [-0.2, -0.15) is 4.68 Å². The zero-order valence-electron chi connectivity index (χ0n) is 7.45. The topological polar surface area (TPSA) is 73.6 Å². The van der Waals surface area contributed by atoms with E-state index in [2.05, 4.69) is 20.5 Å². The van der Waals surface area contributed by atoms with E-state index in [0.717, 1.165) is 0 Å². The molecule has 0 N–H and O–H groups in total. The smallest absolute Gasteiger partial charge is 0.167 e. The largest absolute Gasteiger partial charge is 0.294 e. The Labute approximate surface area is 79.6 Å². The van der Waals surface area contributed by atoms with Crippen molar-refractivity contribution >= 4 is 5.78 Å². The molecule has 0 unspecified atom stereocenters. The van der Waals surface area contributed by atoms with Crippen molar-refractivity contribution in [1.82, 2.24) is 25.2 Å². The first-order valence-electron chi connectivity index (χ1n) is 3.98. The van der Waals surface area contributed by atoms with Crippen LogP contribution in [0.2, 0.25) is 0 Å². The molecule has 0 spiro atoms. The van der Waals surface area contributed by atoms with Gasteiger partial charge in [0.15, 0.2) is 11.6 Å². The summed E-state index contributed by atoms with van der Waals surface area (Å²) >= 11 is 0. The number of tetrazole rings is 1. The third kappa shape index (κ3) is 1.37. The average molecular weight is 189 g/mol. The van der Waals surface area contributed by atoms with Gasteiger partial charge in [0.2, 0.25) is 0 Å². The standard InChI is InChI=1S/C8H7N5O/c1-6(14)7-3-2-4-9-8(7)13-5-10-11-12-13/h2-5H,1H3. The van der Waals surface area contributed by atoms with Gasteiger partial charge in [0, 0.05) is 6.20 Å². The molecule has 2 rings (SSSR count). The summed E-state index contributed by atoms with van der Waals surface area (Å²) in [5.74, 6) is 0.383. The summed E-state index contributed by atoms with van der Waals surface area (Å²) in [6, 6.07) is 3.39. The SMILES string of the molecule is CC(=O)c1cccnc1-n1cnnn1. The zero-order chi connectivity index (χ0) is 9.97. The Kier molecular flexibility index (Phi) is 2.02. The lowest BCUT2D eigenvalue weighted by Gasteiger charge is -2.02. The lowest BCUT2D eigenvalue weighted by molar-refractivity contribution is 0.101. The number of aromatic nitrogens is 5. The van der Waals surface area contributed by atoms with Crippen LogP contribution in [0.3, 0.4) is 0 Å². The summed E-state index contributed by atoms with van der Waals surface area (Å²) in [4.78, 5) is 15.3. The summed E-state index contributed by atoms with van der Waals surface area (Å²) in [5.41, 5.74) is 0.500. The maximum atomic E-state index is 11.2. The molecule has 6 heteroatoms. The lowest BCUT2D eigenvalue weighted by Crippen LogP contribution is -2.06. The van der Waals surface area contributed by atoms with Gasteiger partial charge in [-0.1, -0.05) is 0 Å². The Balaban J connectivity index is 2.58. The van der Waals surface area contributed by atoms with Crippen LogP contribution in [0.1, 0.15) is 17.3 Å². The quantitative estimate of drug-likeness (QED) is 0.633. The van der Waals surface area contributed by atoms with Crippen LogP contribution >= 0.6 is 0 Å². The van der Waals surface area contributed by atoms with Crippen molar-refractivity contribution < 1.29 is 4.79 Å². The van der Waals surface area contributed by atoms with Crippen LogP contribution in [0.5, 0.6) is 0 Å².